The van der Waals surface area contributed by atoms with Crippen LogP contribution in [0.15, 0.2) is 36.7 Å². The summed E-state index contributed by atoms with van der Waals surface area (Å²) in [7, 11) is 0. The van der Waals surface area contributed by atoms with Crippen molar-refractivity contribution in [2.24, 2.45) is 0 Å². The van der Waals surface area contributed by atoms with E-state index in [1.807, 2.05) is 0 Å². The number of nitrogens with one attached hydrogen (secondary N) is 1. The van der Waals surface area contributed by atoms with E-state index in [1.54, 1.807) is 0 Å². The number of carboxylic acids is 1. The van der Waals surface area contributed by atoms with Gasteiger partial charge in [-0.1, -0.05) is 12.1 Å². The summed E-state index contributed by atoms with van der Waals surface area (Å²) < 4.78 is 37.2. The van der Waals surface area contributed by atoms with E-state index >= 15 is 0 Å². The fourth-order valence-electron chi connectivity index (χ4n) is 1.53. The molecule has 0 radical (unpaired) electrons. The van der Waals surface area contributed by atoms with Gasteiger partial charge in [0.15, 0.2) is 5.69 Å². The SMILES string of the molecule is O=C(O)c1cnc(NCc2ccc(C(F)(F)F)cc2)cn1. The average molecular weight is 297 g/mol. The molecule has 0 unspecified atom stereocenters. The Morgan fingerprint density at radius 2 is 1.81 bits per heavy atom. The summed E-state index contributed by atoms with van der Waals surface area (Å²) in [5, 5.41) is 11.5. The highest BCUT2D eigenvalue weighted by Crippen LogP contribution is 2.29. The number of carbonyl (C=O) groups is 1. The van der Waals surface area contributed by atoms with Crippen LogP contribution in [0.25, 0.3) is 0 Å². The number of halogens is 3. The number of rotatable bonds is 4. The van der Waals surface area contributed by atoms with Crippen LogP contribution in [0.2, 0.25) is 0 Å². The highest BCUT2D eigenvalue weighted by molar-refractivity contribution is 5.84. The first-order valence-electron chi connectivity index (χ1n) is 5.81. The van der Waals surface area contributed by atoms with Crippen molar-refractivity contribution in [3.8, 4) is 0 Å². The molecule has 0 saturated carbocycles. The highest BCUT2D eigenvalue weighted by Gasteiger charge is 2.29. The summed E-state index contributed by atoms with van der Waals surface area (Å²) in [5.74, 6) is -0.850. The number of anilines is 1. The molecule has 0 aliphatic carbocycles. The van der Waals surface area contributed by atoms with Crippen molar-refractivity contribution >= 4 is 11.8 Å². The molecule has 5 nitrogen and oxygen atoms in total. The Balaban J connectivity index is 1.98. The van der Waals surface area contributed by atoms with Gasteiger partial charge in [0.2, 0.25) is 0 Å². The van der Waals surface area contributed by atoms with Crippen molar-refractivity contribution in [1.82, 2.24) is 9.97 Å². The molecule has 0 spiro atoms. The summed E-state index contributed by atoms with van der Waals surface area (Å²) in [6, 6.07) is 4.70. The fraction of sp³-hybridized carbons (Fsp3) is 0.154. The summed E-state index contributed by atoms with van der Waals surface area (Å²) in [5.41, 5.74) is -0.265. The molecule has 0 atom stereocenters. The molecule has 1 aromatic heterocycles. The Morgan fingerprint density at radius 1 is 1.14 bits per heavy atom. The Labute approximate surface area is 117 Å². The van der Waals surface area contributed by atoms with Crippen LogP contribution in [0.4, 0.5) is 19.0 Å². The quantitative estimate of drug-likeness (QED) is 0.907. The number of carboxylic acid groups (broad SMARTS) is 1. The second kappa shape index (κ2) is 5.78. The third-order valence-corrected chi connectivity index (χ3v) is 2.63. The minimum atomic E-state index is -4.36. The predicted molar refractivity (Wildman–Crippen MR) is 67.8 cm³/mol. The molecule has 0 amide bonds. The largest absolute Gasteiger partial charge is 0.476 e. The summed E-state index contributed by atoms with van der Waals surface area (Å²) in [6.45, 7) is 0.249. The Morgan fingerprint density at radius 3 is 2.29 bits per heavy atom. The Hall–Kier alpha value is -2.64. The van der Waals surface area contributed by atoms with E-state index < -0.39 is 17.7 Å². The van der Waals surface area contributed by atoms with Gasteiger partial charge in [0.05, 0.1) is 18.0 Å². The minimum Gasteiger partial charge on any atom is -0.476 e. The Bertz CT molecular complexity index is 625. The van der Waals surface area contributed by atoms with E-state index in [2.05, 4.69) is 15.3 Å². The van der Waals surface area contributed by atoms with Crippen LogP contribution in [-0.4, -0.2) is 21.0 Å². The molecule has 1 heterocycles. The van der Waals surface area contributed by atoms with Crippen LogP contribution in [-0.2, 0) is 12.7 Å². The molecular formula is C13H10F3N3O2. The molecule has 1 aromatic carbocycles. The van der Waals surface area contributed by atoms with Gasteiger partial charge in [0, 0.05) is 6.54 Å². The zero-order valence-corrected chi connectivity index (χ0v) is 10.6. The van der Waals surface area contributed by atoms with E-state index in [1.165, 1.54) is 18.3 Å². The van der Waals surface area contributed by atoms with Gasteiger partial charge in [0.1, 0.15) is 5.82 Å². The lowest BCUT2D eigenvalue weighted by molar-refractivity contribution is -0.137. The first-order chi connectivity index (χ1) is 9.86. The van der Waals surface area contributed by atoms with Gasteiger partial charge in [-0.3, -0.25) is 0 Å². The molecule has 2 aromatic rings. The zero-order valence-electron chi connectivity index (χ0n) is 10.6. The van der Waals surface area contributed by atoms with Gasteiger partial charge >= 0.3 is 12.1 Å². The summed E-state index contributed by atoms with van der Waals surface area (Å²) >= 11 is 0. The van der Waals surface area contributed by atoms with Gasteiger partial charge < -0.3 is 10.4 Å². The highest BCUT2D eigenvalue weighted by atomic mass is 19.4. The summed E-state index contributed by atoms with van der Waals surface area (Å²) in [6.07, 6.45) is -2.02. The third-order valence-electron chi connectivity index (χ3n) is 2.63. The van der Waals surface area contributed by atoms with Gasteiger partial charge in [-0.05, 0) is 17.7 Å². The number of nitrogens with zero attached hydrogens (tertiary/aromatic N) is 2. The lowest BCUT2D eigenvalue weighted by atomic mass is 10.1. The molecule has 110 valence electrons. The van der Waals surface area contributed by atoms with Crippen molar-refractivity contribution in [3.63, 3.8) is 0 Å². The number of aromatic carboxylic acids is 1. The molecule has 0 saturated heterocycles. The van der Waals surface area contributed by atoms with Crippen LogP contribution in [0.5, 0.6) is 0 Å². The number of alkyl halides is 3. The molecule has 2 rings (SSSR count). The second-order valence-corrected chi connectivity index (χ2v) is 4.14. The van der Waals surface area contributed by atoms with Gasteiger partial charge in [-0.15, -0.1) is 0 Å². The lowest BCUT2D eigenvalue weighted by Gasteiger charge is -2.08. The van der Waals surface area contributed by atoms with Gasteiger partial charge in [0.25, 0.3) is 0 Å². The minimum absolute atomic E-state index is 0.185. The van der Waals surface area contributed by atoms with E-state index in [-0.39, 0.29) is 12.2 Å². The average Bonchev–Trinajstić information content (AvgIpc) is 2.45. The van der Waals surface area contributed by atoms with Crippen molar-refractivity contribution < 1.29 is 23.1 Å². The smallest absolute Gasteiger partial charge is 0.416 e. The van der Waals surface area contributed by atoms with Crippen LogP contribution in [0, 0.1) is 0 Å². The van der Waals surface area contributed by atoms with Crippen LogP contribution >= 0.6 is 0 Å². The molecule has 8 heteroatoms. The molecule has 0 bridgehead atoms. The number of hydrogen-bond donors (Lipinski definition) is 2. The topological polar surface area (TPSA) is 75.1 Å². The van der Waals surface area contributed by atoms with Gasteiger partial charge in [-0.2, -0.15) is 13.2 Å². The van der Waals surface area contributed by atoms with Crippen LogP contribution in [0.3, 0.4) is 0 Å². The third kappa shape index (κ3) is 3.91. The predicted octanol–water partition coefficient (Wildman–Crippen LogP) is 2.81. The molecule has 0 aliphatic rings. The molecular weight excluding hydrogens is 287 g/mol. The molecule has 0 fully saturated rings. The number of hydrogen-bond acceptors (Lipinski definition) is 4. The standard InChI is InChI=1S/C13H10F3N3O2/c14-13(15,16)9-3-1-8(2-4-9)5-18-11-7-17-10(6-19-11)12(20)21/h1-4,6-7H,5H2,(H,18,19)(H,20,21). The van der Waals surface area contributed by atoms with Crippen molar-refractivity contribution in [2.75, 3.05) is 5.32 Å². The summed E-state index contributed by atoms with van der Waals surface area (Å²) in [4.78, 5) is 18.1. The lowest BCUT2D eigenvalue weighted by Crippen LogP contribution is -2.07. The van der Waals surface area contributed by atoms with E-state index in [0.717, 1.165) is 18.3 Å². The van der Waals surface area contributed by atoms with Gasteiger partial charge in [-0.25, -0.2) is 14.8 Å². The Kier molecular flexibility index (Phi) is 4.06. The first-order valence-corrected chi connectivity index (χ1v) is 5.81. The maximum absolute atomic E-state index is 12.4. The fourth-order valence-corrected chi connectivity index (χ4v) is 1.53. The zero-order chi connectivity index (χ0) is 15.5. The number of benzene rings is 1. The maximum atomic E-state index is 12.4. The van der Waals surface area contributed by atoms with Crippen molar-refractivity contribution in [1.29, 1.82) is 0 Å². The molecule has 2 N–H and O–H groups in total. The van der Waals surface area contributed by atoms with E-state index in [4.69, 9.17) is 5.11 Å². The van der Waals surface area contributed by atoms with Crippen LogP contribution in [0.1, 0.15) is 21.6 Å². The first kappa shape index (κ1) is 14.8. The second-order valence-electron chi connectivity index (χ2n) is 4.14. The van der Waals surface area contributed by atoms with Crippen molar-refractivity contribution in [3.05, 3.63) is 53.5 Å². The van der Waals surface area contributed by atoms with Crippen molar-refractivity contribution in [2.45, 2.75) is 12.7 Å². The maximum Gasteiger partial charge on any atom is 0.416 e. The van der Waals surface area contributed by atoms with Crippen LogP contribution < -0.4 is 5.32 Å². The monoisotopic (exact) mass is 297 g/mol. The number of aromatic nitrogens is 2. The van der Waals surface area contributed by atoms with E-state index in [9.17, 15) is 18.0 Å². The normalized spacial score (nSPS) is 11.2. The molecule has 21 heavy (non-hydrogen) atoms. The van der Waals surface area contributed by atoms with E-state index in [0.29, 0.717) is 11.4 Å². The molecule has 0 aliphatic heterocycles.